The summed E-state index contributed by atoms with van der Waals surface area (Å²) in [5, 5.41) is 0.772. The first-order valence-corrected chi connectivity index (χ1v) is 6.74. The van der Waals surface area contributed by atoms with E-state index in [0.717, 1.165) is 27.7 Å². The quantitative estimate of drug-likeness (QED) is 0.654. The van der Waals surface area contributed by atoms with E-state index in [0.29, 0.717) is 0 Å². The average Bonchev–Trinajstić information content (AvgIpc) is 2.44. The fourth-order valence-corrected chi connectivity index (χ4v) is 2.56. The van der Waals surface area contributed by atoms with Crippen LogP contribution in [0.4, 0.5) is 0 Å². The Morgan fingerprint density at radius 1 is 0.850 bits per heavy atom. The van der Waals surface area contributed by atoms with Gasteiger partial charge in [0.05, 0.1) is 11.2 Å². The van der Waals surface area contributed by atoms with Crippen LogP contribution in [0.2, 0.25) is 0 Å². The van der Waals surface area contributed by atoms with Gasteiger partial charge in [0.15, 0.2) is 5.43 Å². The van der Waals surface area contributed by atoms with Crippen molar-refractivity contribution >= 4 is 10.9 Å². The molecule has 2 aromatic carbocycles. The highest BCUT2D eigenvalue weighted by Crippen LogP contribution is 2.22. The number of rotatable bonds is 1. The fraction of sp³-hybridized carbons (Fsp3) is 0.167. The van der Waals surface area contributed by atoms with Gasteiger partial charge in [0.25, 0.3) is 0 Å². The van der Waals surface area contributed by atoms with Gasteiger partial charge in [-0.25, -0.2) is 0 Å². The molecule has 0 bridgehead atoms. The van der Waals surface area contributed by atoms with Crippen molar-refractivity contribution in [2.45, 2.75) is 13.8 Å². The Hall–Kier alpha value is -2.35. The molecular formula is C18H17NO. The molecule has 2 nitrogen and oxygen atoms in total. The zero-order chi connectivity index (χ0) is 14.3. The van der Waals surface area contributed by atoms with E-state index in [1.807, 2.05) is 26.1 Å². The second-order valence-electron chi connectivity index (χ2n) is 5.34. The molecule has 0 saturated carbocycles. The minimum Gasteiger partial charge on any atom is -0.343 e. The maximum atomic E-state index is 12.3. The summed E-state index contributed by atoms with van der Waals surface area (Å²) in [5.41, 5.74) is 5.46. The van der Waals surface area contributed by atoms with Gasteiger partial charge in [-0.2, -0.15) is 0 Å². The maximum Gasteiger partial charge on any atom is 0.190 e. The summed E-state index contributed by atoms with van der Waals surface area (Å²) in [6.45, 7) is 4.11. The summed E-state index contributed by atoms with van der Waals surface area (Å²) < 4.78 is 2.09. The number of fused-ring (bicyclic) bond motifs is 1. The van der Waals surface area contributed by atoms with Crippen LogP contribution in [-0.2, 0) is 7.05 Å². The average molecular weight is 263 g/mol. The van der Waals surface area contributed by atoms with Crippen LogP contribution in [0.15, 0.2) is 53.3 Å². The van der Waals surface area contributed by atoms with E-state index in [4.69, 9.17) is 0 Å². The van der Waals surface area contributed by atoms with Gasteiger partial charge in [-0.3, -0.25) is 4.79 Å². The maximum absolute atomic E-state index is 12.3. The van der Waals surface area contributed by atoms with Crippen LogP contribution in [0.25, 0.3) is 22.2 Å². The van der Waals surface area contributed by atoms with Crippen molar-refractivity contribution in [3.8, 4) is 11.3 Å². The Morgan fingerprint density at radius 3 is 2.20 bits per heavy atom. The second-order valence-corrected chi connectivity index (χ2v) is 5.34. The number of hydrogen-bond acceptors (Lipinski definition) is 1. The Morgan fingerprint density at radius 2 is 1.50 bits per heavy atom. The molecule has 100 valence electrons. The summed E-state index contributed by atoms with van der Waals surface area (Å²) in [6.07, 6.45) is 0. The number of aryl methyl sites for hydroxylation is 3. The zero-order valence-corrected chi connectivity index (χ0v) is 12.0. The number of nitrogens with zero attached hydrogens (tertiary/aromatic N) is 1. The standard InChI is InChI=1S/C18H17NO/c1-12-4-7-14(8-5-12)16-11-18(20)15-9-6-13(2)10-17(15)19(16)3/h4-11H,1-3H3. The smallest absolute Gasteiger partial charge is 0.190 e. The predicted octanol–water partition coefficient (Wildman–Crippen LogP) is 3.82. The number of hydrogen-bond donors (Lipinski definition) is 0. The largest absolute Gasteiger partial charge is 0.343 e. The highest BCUT2D eigenvalue weighted by atomic mass is 16.1. The monoisotopic (exact) mass is 263 g/mol. The van der Waals surface area contributed by atoms with Gasteiger partial charge in [-0.05, 0) is 37.1 Å². The molecule has 0 radical (unpaired) electrons. The topological polar surface area (TPSA) is 22.0 Å². The van der Waals surface area contributed by atoms with Gasteiger partial charge in [0.1, 0.15) is 0 Å². The normalized spacial score (nSPS) is 10.9. The Labute approximate surface area is 118 Å². The van der Waals surface area contributed by atoms with Gasteiger partial charge in [0, 0.05) is 18.5 Å². The summed E-state index contributed by atoms with van der Waals surface area (Å²) >= 11 is 0. The molecule has 2 heteroatoms. The summed E-state index contributed by atoms with van der Waals surface area (Å²) in [7, 11) is 2.01. The fourth-order valence-electron chi connectivity index (χ4n) is 2.56. The van der Waals surface area contributed by atoms with E-state index >= 15 is 0 Å². The number of pyridine rings is 1. The highest BCUT2D eigenvalue weighted by molar-refractivity contribution is 5.83. The minimum absolute atomic E-state index is 0.0775. The first-order valence-electron chi connectivity index (χ1n) is 6.74. The van der Waals surface area contributed by atoms with Gasteiger partial charge in [-0.1, -0.05) is 35.9 Å². The lowest BCUT2D eigenvalue weighted by molar-refractivity contribution is 0.959. The van der Waals surface area contributed by atoms with Crippen molar-refractivity contribution in [1.29, 1.82) is 0 Å². The Balaban J connectivity index is 2.34. The van der Waals surface area contributed by atoms with Gasteiger partial charge < -0.3 is 4.57 Å². The van der Waals surface area contributed by atoms with Crippen molar-refractivity contribution in [2.75, 3.05) is 0 Å². The molecular weight excluding hydrogens is 246 g/mol. The van der Waals surface area contributed by atoms with Crippen LogP contribution < -0.4 is 5.43 Å². The van der Waals surface area contributed by atoms with Crippen LogP contribution in [0.1, 0.15) is 11.1 Å². The SMILES string of the molecule is Cc1ccc(-c2cc(=O)c3ccc(C)cc3n2C)cc1. The molecule has 20 heavy (non-hydrogen) atoms. The van der Waals surface area contributed by atoms with Crippen molar-refractivity contribution < 1.29 is 0 Å². The lowest BCUT2D eigenvalue weighted by Gasteiger charge is -2.13. The van der Waals surface area contributed by atoms with E-state index in [1.54, 1.807) is 6.07 Å². The molecule has 0 saturated heterocycles. The van der Waals surface area contributed by atoms with E-state index in [2.05, 4.69) is 41.8 Å². The van der Waals surface area contributed by atoms with Gasteiger partial charge in [-0.15, -0.1) is 0 Å². The third-order valence-corrected chi connectivity index (χ3v) is 3.76. The van der Waals surface area contributed by atoms with E-state index in [-0.39, 0.29) is 5.43 Å². The Bertz CT molecular complexity index is 842. The van der Waals surface area contributed by atoms with Crippen molar-refractivity contribution in [3.05, 3.63) is 69.9 Å². The number of aromatic nitrogens is 1. The van der Waals surface area contributed by atoms with Crippen LogP contribution >= 0.6 is 0 Å². The van der Waals surface area contributed by atoms with E-state index in [1.165, 1.54) is 5.56 Å². The van der Waals surface area contributed by atoms with Crippen LogP contribution in [0.5, 0.6) is 0 Å². The summed E-state index contributed by atoms with van der Waals surface area (Å²) in [5.74, 6) is 0. The first-order chi connectivity index (χ1) is 9.56. The molecule has 0 aliphatic carbocycles. The van der Waals surface area contributed by atoms with Crippen LogP contribution in [0.3, 0.4) is 0 Å². The molecule has 0 atom stereocenters. The predicted molar refractivity (Wildman–Crippen MR) is 84.1 cm³/mol. The first kappa shape index (κ1) is 12.7. The molecule has 1 heterocycles. The van der Waals surface area contributed by atoms with Crippen LogP contribution in [-0.4, -0.2) is 4.57 Å². The summed E-state index contributed by atoms with van der Waals surface area (Å²) in [6, 6.07) is 15.9. The zero-order valence-electron chi connectivity index (χ0n) is 12.0. The molecule has 0 N–H and O–H groups in total. The van der Waals surface area contributed by atoms with Crippen molar-refractivity contribution in [1.82, 2.24) is 4.57 Å². The molecule has 0 amide bonds. The lowest BCUT2D eigenvalue weighted by Crippen LogP contribution is -2.09. The van der Waals surface area contributed by atoms with Crippen LogP contribution in [0, 0.1) is 13.8 Å². The van der Waals surface area contributed by atoms with Crippen molar-refractivity contribution in [3.63, 3.8) is 0 Å². The van der Waals surface area contributed by atoms with Gasteiger partial charge in [0.2, 0.25) is 0 Å². The molecule has 0 aliphatic heterocycles. The Kier molecular flexibility index (Phi) is 2.94. The van der Waals surface area contributed by atoms with Gasteiger partial charge >= 0.3 is 0 Å². The highest BCUT2D eigenvalue weighted by Gasteiger charge is 2.08. The third-order valence-electron chi connectivity index (χ3n) is 3.76. The molecule has 3 aromatic rings. The summed E-state index contributed by atoms with van der Waals surface area (Å²) in [4.78, 5) is 12.3. The molecule has 0 aliphatic rings. The minimum atomic E-state index is 0.0775. The molecule has 3 rings (SSSR count). The molecule has 0 fully saturated rings. The van der Waals surface area contributed by atoms with E-state index < -0.39 is 0 Å². The third kappa shape index (κ3) is 2.03. The number of benzene rings is 2. The lowest BCUT2D eigenvalue weighted by atomic mass is 10.1. The molecule has 1 aromatic heterocycles. The van der Waals surface area contributed by atoms with Crippen molar-refractivity contribution in [2.24, 2.45) is 7.05 Å². The molecule has 0 spiro atoms. The second kappa shape index (κ2) is 4.64. The van der Waals surface area contributed by atoms with E-state index in [9.17, 15) is 4.79 Å². The molecule has 0 unspecified atom stereocenters.